The zero-order valence-electron chi connectivity index (χ0n) is 9.79. The summed E-state index contributed by atoms with van der Waals surface area (Å²) in [6.07, 6.45) is 0. The quantitative estimate of drug-likeness (QED) is 0.452. The summed E-state index contributed by atoms with van der Waals surface area (Å²) in [5.41, 5.74) is -0.935. The molecule has 0 amide bonds. The number of hydrogen-bond acceptors (Lipinski definition) is 5. The lowest BCUT2D eigenvalue weighted by molar-refractivity contribution is -0.386. The Hall–Kier alpha value is -2.15. The van der Waals surface area contributed by atoms with E-state index < -0.39 is 22.1 Å². The van der Waals surface area contributed by atoms with E-state index in [9.17, 15) is 14.9 Å². The fourth-order valence-corrected chi connectivity index (χ4v) is 1.35. The Morgan fingerprint density at radius 3 is 2.72 bits per heavy atom. The fraction of sp³-hybridized carbons (Fsp3) is 0.364. The van der Waals surface area contributed by atoms with Crippen LogP contribution in [0.1, 0.15) is 17.3 Å². The summed E-state index contributed by atoms with van der Waals surface area (Å²) in [5.74, 6) is -1.43. The lowest BCUT2D eigenvalue weighted by atomic mass is 10.1. The van der Waals surface area contributed by atoms with Crippen LogP contribution in [0.25, 0.3) is 0 Å². The number of benzene rings is 1. The summed E-state index contributed by atoms with van der Waals surface area (Å²) in [5, 5.41) is 19.7. The van der Waals surface area contributed by atoms with Gasteiger partial charge < -0.3 is 14.6 Å². The molecule has 1 aromatic rings. The van der Waals surface area contributed by atoms with Gasteiger partial charge in [0.2, 0.25) is 0 Å². The molecule has 1 N–H and O–H groups in total. The van der Waals surface area contributed by atoms with E-state index in [0.717, 1.165) is 6.07 Å². The molecule has 0 spiro atoms. The number of rotatable bonds is 7. The van der Waals surface area contributed by atoms with Crippen molar-refractivity contribution in [3.8, 4) is 5.75 Å². The van der Waals surface area contributed by atoms with Crippen LogP contribution in [-0.4, -0.2) is 35.8 Å². The second-order valence-electron chi connectivity index (χ2n) is 3.26. The highest BCUT2D eigenvalue weighted by atomic mass is 16.6. The summed E-state index contributed by atoms with van der Waals surface area (Å²) in [4.78, 5) is 21.0. The monoisotopic (exact) mass is 255 g/mol. The van der Waals surface area contributed by atoms with E-state index in [1.807, 2.05) is 6.92 Å². The van der Waals surface area contributed by atoms with E-state index in [0.29, 0.717) is 6.61 Å². The second kappa shape index (κ2) is 6.55. The molecule has 0 radical (unpaired) electrons. The Labute approximate surface area is 103 Å². The molecule has 0 fully saturated rings. The third-order valence-electron chi connectivity index (χ3n) is 2.10. The second-order valence-corrected chi connectivity index (χ2v) is 3.26. The van der Waals surface area contributed by atoms with Gasteiger partial charge in [-0.1, -0.05) is 6.07 Å². The number of hydrogen-bond donors (Lipinski definition) is 1. The van der Waals surface area contributed by atoms with Gasteiger partial charge >= 0.3 is 11.7 Å². The molecule has 7 heteroatoms. The number of nitro benzene ring substituents is 1. The minimum atomic E-state index is -1.36. The Morgan fingerprint density at radius 1 is 1.44 bits per heavy atom. The lowest BCUT2D eigenvalue weighted by Gasteiger charge is -2.07. The van der Waals surface area contributed by atoms with Gasteiger partial charge in [-0.2, -0.15) is 0 Å². The van der Waals surface area contributed by atoms with Gasteiger partial charge in [-0.3, -0.25) is 10.1 Å². The minimum Gasteiger partial charge on any atom is -0.484 e. The van der Waals surface area contributed by atoms with Crippen LogP contribution in [0.15, 0.2) is 18.2 Å². The Kier molecular flexibility index (Phi) is 5.06. The summed E-state index contributed by atoms with van der Waals surface area (Å²) < 4.78 is 10.2. The third-order valence-corrected chi connectivity index (χ3v) is 2.10. The minimum absolute atomic E-state index is 0.0698. The van der Waals surface area contributed by atoms with Crippen molar-refractivity contribution >= 4 is 11.7 Å². The molecule has 0 aliphatic heterocycles. The molecular weight excluding hydrogens is 242 g/mol. The van der Waals surface area contributed by atoms with E-state index >= 15 is 0 Å². The van der Waals surface area contributed by atoms with E-state index in [1.165, 1.54) is 12.1 Å². The first-order valence-corrected chi connectivity index (χ1v) is 5.29. The van der Waals surface area contributed by atoms with Gasteiger partial charge in [0.15, 0.2) is 5.75 Å². The molecule has 18 heavy (non-hydrogen) atoms. The average molecular weight is 255 g/mol. The van der Waals surface area contributed by atoms with E-state index in [1.54, 1.807) is 0 Å². The molecule has 0 atom stereocenters. The smallest absolute Gasteiger partial charge is 0.342 e. The van der Waals surface area contributed by atoms with Gasteiger partial charge in [0.1, 0.15) is 12.2 Å². The van der Waals surface area contributed by atoms with Crippen LogP contribution in [0.2, 0.25) is 0 Å². The maximum atomic E-state index is 10.9. The fourth-order valence-electron chi connectivity index (χ4n) is 1.35. The average Bonchev–Trinajstić information content (AvgIpc) is 2.33. The standard InChI is InChI=1S/C11H13NO6/c1-2-17-6-7-18-9-5-3-4-8(11(13)14)10(9)12(15)16/h3-5H,2,6-7H2,1H3,(H,13,14). The van der Waals surface area contributed by atoms with Gasteiger partial charge in [-0.15, -0.1) is 0 Å². The Morgan fingerprint density at radius 2 is 2.17 bits per heavy atom. The number of nitro groups is 1. The predicted molar refractivity (Wildman–Crippen MR) is 62.0 cm³/mol. The van der Waals surface area contributed by atoms with Crippen molar-refractivity contribution in [1.82, 2.24) is 0 Å². The number of carboxylic acids is 1. The molecule has 0 aliphatic carbocycles. The molecule has 7 nitrogen and oxygen atoms in total. The molecule has 0 bridgehead atoms. The third kappa shape index (κ3) is 3.42. The van der Waals surface area contributed by atoms with Crippen LogP contribution < -0.4 is 4.74 Å². The van der Waals surface area contributed by atoms with Gasteiger partial charge in [-0.25, -0.2) is 4.79 Å². The van der Waals surface area contributed by atoms with Crippen LogP contribution in [0.4, 0.5) is 5.69 Å². The molecule has 0 aliphatic rings. The van der Waals surface area contributed by atoms with Crippen molar-refractivity contribution < 1.29 is 24.3 Å². The van der Waals surface area contributed by atoms with E-state index in [4.69, 9.17) is 14.6 Å². The van der Waals surface area contributed by atoms with Crippen LogP contribution in [0.3, 0.4) is 0 Å². The first kappa shape index (κ1) is 13.9. The summed E-state index contributed by atoms with van der Waals surface area (Å²) in [6, 6.07) is 3.92. The number of nitrogens with zero attached hydrogens (tertiary/aromatic N) is 1. The number of ether oxygens (including phenoxy) is 2. The first-order chi connectivity index (χ1) is 8.57. The molecule has 1 rings (SSSR count). The van der Waals surface area contributed by atoms with Crippen molar-refractivity contribution in [2.24, 2.45) is 0 Å². The summed E-state index contributed by atoms with van der Waals surface area (Å²) in [6.45, 7) is 2.73. The van der Waals surface area contributed by atoms with Crippen LogP contribution in [0.5, 0.6) is 5.75 Å². The highest BCUT2D eigenvalue weighted by molar-refractivity contribution is 5.93. The van der Waals surface area contributed by atoms with Crippen molar-refractivity contribution in [2.45, 2.75) is 6.92 Å². The van der Waals surface area contributed by atoms with Crippen molar-refractivity contribution in [3.05, 3.63) is 33.9 Å². The Balaban J connectivity index is 2.93. The van der Waals surface area contributed by atoms with Crippen LogP contribution in [0, 0.1) is 10.1 Å². The molecule has 0 aromatic heterocycles. The van der Waals surface area contributed by atoms with Crippen LogP contribution in [-0.2, 0) is 4.74 Å². The summed E-state index contributed by atoms with van der Waals surface area (Å²) in [7, 11) is 0. The zero-order valence-corrected chi connectivity index (χ0v) is 9.79. The molecule has 0 heterocycles. The van der Waals surface area contributed by atoms with E-state index in [2.05, 4.69) is 0 Å². The number of aromatic carboxylic acids is 1. The highest BCUT2D eigenvalue weighted by Crippen LogP contribution is 2.30. The van der Waals surface area contributed by atoms with Gasteiger partial charge in [0.25, 0.3) is 0 Å². The lowest BCUT2D eigenvalue weighted by Crippen LogP contribution is -2.09. The summed E-state index contributed by atoms with van der Waals surface area (Å²) >= 11 is 0. The zero-order chi connectivity index (χ0) is 13.5. The normalized spacial score (nSPS) is 10.1. The molecule has 0 unspecified atom stereocenters. The van der Waals surface area contributed by atoms with Gasteiger partial charge in [-0.05, 0) is 19.1 Å². The predicted octanol–water partition coefficient (Wildman–Crippen LogP) is 1.71. The maximum absolute atomic E-state index is 10.9. The maximum Gasteiger partial charge on any atom is 0.342 e. The molecular formula is C11H13NO6. The largest absolute Gasteiger partial charge is 0.484 e. The molecule has 98 valence electrons. The van der Waals surface area contributed by atoms with E-state index in [-0.39, 0.29) is 19.0 Å². The molecule has 0 saturated carbocycles. The highest BCUT2D eigenvalue weighted by Gasteiger charge is 2.25. The number of carbonyl (C=O) groups is 1. The Bertz CT molecular complexity index is 445. The SMILES string of the molecule is CCOCCOc1cccc(C(=O)O)c1[N+](=O)[O-]. The van der Waals surface area contributed by atoms with Gasteiger partial charge in [0, 0.05) is 6.61 Å². The van der Waals surface area contributed by atoms with Crippen molar-refractivity contribution in [1.29, 1.82) is 0 Å². The topological polar surface area (TPSA) is 98.9 Å². The van der Waals surface area contributed by atoms with Crippen molar-refractivity contribution in [3.63, 3.8) is 0 Å². The first-order valence-electron chi connectivity index (χ1n) is 5.29. The van der Waals surface area contributed by atoms with Crippen LogP contribution >= 0.6 is 0 Å². The van der Waals surface area contributed by atoms with Crippen molar-refractivity contribution in [2.75, 3.05) is 19.8 Å². The number of para-hydroxylation sites is 1. The van der Waals surface area contributed by atoms with Gasteiger partial charge in [0.05, 0.1) is 11.5 Å². The number of carboxylic acid groups (broad SMARTS) is 1. The molecule has 0 saturated heterocycles. The molecule has 1 aromatic carbocycles.